The number of hydrogen-bond acceptors (Lipinski definition) is 5. The number of carbonyl (C=O) groups excluding carboxylic acids is 2. The van der Waals surface area contributed by atoms with E-state index in [1.54, 1.807) is 35.3 Å². The minimum Gasteiger partial charge on any atom is -0.489 e. The monoisotopic (exact) mass is 480 g/mol. The summed E-state index contributed by atoms with van der Waals surface area (Å²) in [6.45, 7) is 1.63. The molecule has 0 aliphatic carbocycles. The molecular formula is C24H25ClN6O3. The molecule has 2 aliphatic rings. The van der Waals surface area contributed by atoms with E-state index in [1.807, 2.05) is 30.3 Å². The lowest BCUT2D eigenvalue weighted by molar-refractivity contribution is 0.0915. The lowest BCUT2D eigenvalue weighted by Gasteiger charge is -2.34. The number of hydrogen-bond donors (Lipinski definition) is 2. The van der Waals surface area contributed by atoms with Crippen molar-refractivity contribution < 1.29 is 14.3 Å². The van der Waals surface area contributed by atoms with Crippen LogP contribution in [0.5, 0.6) is 5.75 Å². The molecule has 10 heteroatoms. The Balaban J connectivity index is 1.35. The number of amides is 3. The van der Waals surface area contributed by atoms with Crippen molar-refractivity contribution in [3.63, 3.8) is 0 Å². The van der Waals surface area contributed by atoms with E-state index in [0.29, 0.717) is 30.4 Å². The number of nitrogens with zero attached hydrogens (tertiary/aromatic N) is 4. The quantitative estimate of drug-likeness (QED) is 0.564. The second-order valence-corrected chi connectivity index (χ2v) is 9.01. The number of piperidine rings is 1. The second kappa shape index (κ2) is 9.34. The highest BCUT2D eigenvalue weighted by Crippen LogP contribution is 2.33. The van der Waals surface area contributed by atoms with Gasteiger partial charge < -0.3 is 20.3 Å². The molecule has 9 nitrogen and oxygen atoms in total. The van der Waals surface area contributed by atoms with Crippen LogP contribution in [0.25, 0.3) is 11.1 Å². The van der Waals surface area contributed by atoms with E-state index in [1.165, 1.54) is 0 Å². The lowest BCUT2D eigenvalue weighted by Crippen LogP contribution is -2.44. The van der Waals surface area contributed by atoms with Gasteiger partial charge in [-0.3, -0.25) is 14.5 Å². The minimum atomic E-state index is -0.294. The molecule has 2 saturated heterocycles. The number of halogens is 1. The first-order valence-electron chi connectivity index (χ1n) is 11.2. The van der Waals surface area contributed by atoms with Gasteiger partial charge in [0.05, 0.1) is 12.2 Å². The average Bonchev–Trinajstić information content (AvgIpc) is 3.43. The minimum absolute atomic E-state index is 0.0111. The van der Waals surface area contributed by atoms with Gasteiger partial charge >= 0.3 is 6.03 Å². The number of nitrogens with one attached hydrogen (secondary N) is 2. The van der Waals surface area contributed by atoms with Gasteiger partial charge in [-0.15, -0.1) is 0 Å². The van der Waals surface area contributed by atoms with Gasteiger partial charge in [0.1, 0.15) is 17.5 Å². The third kappa shape index (κ3) is 4.70. The zero-order valence-electron chi connectivity index (χ0n) is 18.7. The van der Waals surface area contributed by atoms with Crippen molar-refractivity contribution in [1.82, 2.24) is 30.3 Å². The maximum Gasteiger partial charge on any atom is 0.317 e. The summed E-state index contributed by atoms with van der Waals surface area (Å²) in [6, 6.07) is 9.10. The first kappa shape index (κ1) is 22.2. The van der Waals surface area contributed by atoms with Gasteiger partial charge in [0.25, 0.3) is 5.91 Å². The molecule has 2 aliphatic heterocycles. The van der Waals surface area contributed by atoms with Gasteiger partial charge in [0.15, 0.2) is 0 Å². The molecule has 2 N–H and O–H groups in total. The molecule has 2 atom stereocenters. The molecule has 2 fully saturated rings. The maximum absolute atomic E-state index is 12.8. The van der Waals surface area contributed by atoms with Crippen LogP contribution in [-0.4, -0.2) is 56.8 Å². The highest BCUT2D eigenvalue weighted by Gasteiger charge is 2.37. The smallest absolute Gasteiger partial charge is 0.317 e. The van der Waals surface area contributed by atoms with Crippen LogP contribution in [0.15, 0.2) is 48.9 Å². The Morgan fingerprint density at radius 1 is 1.29 bits per heavy atom. The number of aryl methyl sites for hydroxylation is 1. The highest BCUT2D eigenvalue weighted by molar-refractivity contribution is 6.30. The Kier molecular flexibility index (Phi) is 6.10. The van der Waals surface area contributed by atoms with E-state index in [-0.39, 0.29) is 29.8 Å². The summed E-state index contributed by atoms with van der Waals surface area (Å²) in [6.07, 6.45) is 6.65. The van der Waals surface area contributed by atoms with Crippen molar-refractivity contribution in [3.8, 4) is 16.9 Å². The molecule has 0 spiro atoms. The van der Waals surface area contributed by atoms with Crippen molar-refractivity contribution >= 4 is 23.5 Å². The summed E-state index contributed by atoms with van der Waals surface area (Å²) in [5.74, 6) is 0.285. The molecule has 176 valence electrons. The lowest BCUT2D eigenvalue weighted by atomic mass is 10.0. The van der Waals surface area contributed by atoms with Crippen LogP contribution >= 0.6 is 11.6 Å². The number of urea groups is 1. The first-order chi connectivity index (χ1) is 16.5. The van der Waals surface area contributed by atoms with E-state index in [0.717, 1.165) is 29.5 Å². The second-order valence-electron chi connectivity index (χ2n) is 8.58. The zero-order valence-corrected chi connectivity index (χ0v) is 19.5. The predicted octanol–water partition coefficient (Wildman–Crippen LogP) is 3.00. The summed E-state index contributed by atoms with van der Waals surface area (Å²) in [4.78, 5) is 31.0. The Morgan fingerprint density at radius 3 is 2.88 bits per heavy atom. The van der Waals surface area contributed by atoms with Crippen LogP contribution in [0.3, 0.4) is 0 Å². The summed E-state index contributed by atoms with van der Waals surface area (Å²) in [7, 11) is 1.84. The van der Waals surface area contributed by atoms with E-state index >= 15 is 0 Å². The number of fused-ring (bicyclic) bond motifs is 1. The van der Waals surface area contributed by atoms with Crippen molar-refractivity contribution in [3.05, 3.63) is 65.2 Å². The molecule has 4 heterocycles. The molecule has 0 unspecified atom stereocenters. The van der Waals surface area contributed by atoms with Crippen LogP contribution in [0.4, 0.5) is 4.79 Å². The summed E-state index contributed by atoms with van der Waals surface area (Å²) in [5.41, 5.74) is 2.83. The molecule has 3 amide bonds. The van der Waals surface area contributed by atoms with Crippen LogP contribution < -0.4 is 15.4 Å². The third-order valence-corrected chi connectivity index (χ3v) is 6.44. The number of pyridine rings is 1. The summed E-state index contributed by atoms with van der Waals surface area (Å²) >= 11 is 5.93. The van der Waals surface area contributed by atoms with Crippen molar-refractivity contribution in [2.24, 2.45) is 7.05 Å². The van der Waals surface area contributed by atoms with Gasteiger partial charge in [-0.25, -0.2) is 4.79 Å². The number of aromatic nitrogens is 3. The zero-order chi connectivity index (χ0) is 23.7. The Morgan fingerprint density at radius 2 is 2.12 bits per heavy atom. The molecule has 5 rings (SSSR count). The average molecular weight is 481 g/mol. The number of benzene rings is 1. The van der Waals surface area contributed by atoms with E-state index in [9.17, 15) is 9.59 Å². The summed E-state index contributed by atoms with van der Waals surface area (Å²) < 4.78 is 8.13. The molecule has 34 heavy (non-hydrogen) atoms. The highest BCUT2D eigenvalue weighted by atomic mass is 35.5. The fourth-order valence-corrected chi connectivity index (χ4v) is 4.51. The first-order valence-corrected chi connectivity index (χ1v) is 11.6. The Labute approximate surface area is 202 Å². The molecular weight excluding hydrogens is 456 g/mol. The third-order valence-electron chi connectivity index (χ3n) is 6.19. The SMILES string of the molecule is Cn1cc(-c2cnc(C(=O)NCc3ccc(Cl)cc3)cc2O[C@H]2CCN3C(=O)NC[C@H]3C2)cn1. The molecule has 2 aromatic heterocycles. The fourth-order valence-electron chi connectivity index (χ4n) is 4.38. The summed E-state index contributed by atoms with van der Waals surface area (Å²) in [5, 5.41) is 10.7. The van der Waals surface area contributed by atoms with Crippen molar-refractivity contribution in [2.45, 2.75) is 31.5 Å². The maximum atomic E-state index is 12.8. The standard InChI is InChI=1S/C24H25ClN6O3/c1-30-14-16(11-29-30)20-13-26-21(23(32)27-10-15-2-4-17(25)5-3-15)9-22(20)34-19-6-7-31-18(8-19)12-28-24(31)33/h2-5,9,11,13-14,18-19H,6-8,10,12H2,1H3,(H,27,32)(H,28,33)/t18-,19+/m1/s1. The van der Waals surface area contributed by atoms with Crippen LogP contribution in [0.1, 0.15) is 28.9 Å². The van der Waals surface area contributed by atoms with Crippen LogP contribution in [0, 0.1) is 0 Å². The van der Waals surface area contributed by atoms with E-state index in [2.05, 4.69) is 20.7 Å². The van der Waals surface area contributed by atoms with Crippen molar-refractivity contribution in [1.29, 1.82) is 0 Å². The largest absolute Gasteiger partial charge is 0.489 e. The van der Waals surface area contributed by atoms with Gasteiger partial charge in [0.2, 0.25) is 0 Å². The number of rotatable bonds is 6. The molecule has 1 aromatic carbocycles. The molecule has 0 bridgehead atoms. The molecule has 3 aromatic rings. The number of ether oxygens (including phenoxy) is 1. The Hall–Kier alpha value is -3.59. The molecule has 0 radical (unpaired) electrons. The van der Waals surface area contributed by atoms with Gasteiger partial charge in [-0.05, 0) is 17.7 Å². The van der Waals surface area contributed by atoms with Crippen molar-refractivity contribution in [2.75, 3.05) is 13.1 Å². The van der Waals surface area contributed by atoms with Crippen LogP contribution in [-0.2, 0) is 13.6 Å². The predicted molar refractivity (Wildman–Crippen MR) is 127 cm³/mol. The van der Waals surface area contributed by atoms with Gasteiger partial charge in [-0.2, -0.15) is 5.10 Å². The normalized spacial score (nSPS) is 19.5. The van der Waals surface area contributed by atoms with Gasteiger partial charge in [0, 0.05) is 74.1 Å². The van der Waals surface area contributed by atoms with E-state index in [4.69, 9.17) is 16.3 Å². The van der Waals surface area contributed by atoms with Gasteiger partial charge in [-0.1, -0.05) is 23.7 Å². The Bertz CT molecular complexity index is 1210. The van der Waals surface area contributed by atoms with Crippen LogP contribution in [0.2, 0.25) is 5.02 Å². The molecule has 0 saturated carbocycles. The number of carbonyl (C=O) groups is 2. The fraction of sp³-hybridized carbons (Fsp3) is 0.333. The van der Waals surface area contributed by atoms with E-state index < -0.39 is 0 Å². The topological polar surface area (TPSA) is 101 Å².